The van der Waals surface area contributed by atoms with Crippen LogP contribution in [0.25, 0.3) is 0 Å². The van der Waals surface area contributed by atoms with Crippen LogP contribution in [0.1, 0.15) is 6.92 Å². The summed E-state index contributed by atoms with van der Waals surface area (Å²) in [6, 6.07) is 0. The molecule has 1 fully saturated rings. The first-order valence-corrected chi connectivity index (χ1v) is 5.70. The van der Waals surface area contributed by atoms with Crippen molar-refractivity contribution in [3.63, 3.8) is 0 Å². The predicted octanol–water partition coefficient (Wildman–Crippen LogP) is 0.302. The zero-order valence-electron chi connectivity index (χ0n) is 9.89. The van der Waals surface area contributed by atoms with Gasteiger partial charge >= 0.3 is 6.18 Å². The molecule has 1 aliphatic heterocycles. The fraction of sp³-hybridized carbons (Fsp3) is 0.900. The number of nitrogens with one attached hydrogen (secondary N) is 1. The van der Waals surface area contributed by atoms with E-state index < -0.39 is 18.6 Å². The molecule has 17 heavy (non-hydrogen) atoms. The third-order valence-electron chi connectivity index (χ3n) is 2.67. The Morgan fingerprint density at radius 1 is 1.35 bits per heavy atom. The van der Waals surface area contributed by atoms with Crippen molar-refractivity contribution in [2.24, 2.45) is 0 Å². The number of carbonyl (C=O) groups is 1. The van der Waals surface area contributed by atoms with Gasteiger partial charge in [-0.2, -0.15) is 13.2 Å². The summed E-state index contributed by atoms with van der Waals surface area (Å²) in [4.78, 5) is 14.4. The minimum absolute atomic E-state index is 0.0750. The highest BCUT2D eigenvalue weighted by molar-refractivity contribution is 5.78. The number of rotatable bonds is 4. The molecule has 0 unspecified atom stereocenters. The zero-order valence-corrected chi connectivity index (χ0v) is 9.89. The smallest absolute Gasteiger partial charge is 0.333 e. The Hall–Kier alpha value is -0.820. The van der Waals surface area contributed by atoms with Crippen LogP contribution in [0.15, 0.2) is 0 Å². The molecule has 0 saturated carbocycles. The van der Waals surface area contributed by atoms with Crippen molar-refractivity contribution in [2.45, 2.75) is 13.1 Å². The molecule has 0 radical (unpaired) electrons. The van der Waals surface area contributed by atoms with Gasteiger partial charge in [0.15, 0.2) is 0 Å². The lowest BCUT2D eigenvalue weighted by atomic mass is 10.3. The van der Waals surface area contributed by atoms with Crippen molar-refractivity contribution in [1.29, 1.82) is 0 Å². The summed E-state index contributed by atoms with van der Waals surface area (Å²) in [5.41, 5.74) is 0. The van der Waals surface area contributed by atoms with Crippen molar-refractivity contribution >= 4 is 5.91 Å². The van der Waals surface area contributed by atoms with Gasteiger partial charge in [0.1, 0.15) is 6.54 Å². The number of halogens is 3. The van der Waals surface area contributed by atoms with Gasteiger partial charge in [-0.3, -0.25) is 9.69 Å². The molecule has 0 aromatic carbocycles. The van der Waals surface area contributed by atoms with Crippen LogP contribution >= 0.6 is 0 Å². The molecule has 0 bridgehead atoms. The molecule has 0 aromatic heterocycles. The number of hydrogen-bond donors (Lipinski definition) is 1. The first-order chi connectivity index (χ1) is 7.92. The maximum absolute atomic E-state index is 12.2. The van der Waals surface area contributed by atoms with E-state index in [-0.39, 0.29) is 13.1 Å². The maximum atomic E-state index is 12.2. The average molecular weight is 253 g/mol. The quantitative estimate of drug-likeness (QED) is 0.783. The van der Waals surface area contributed by atoms with Crippen molar-refractivity contribution in [3.05, 3.63) is 0 Å². The summed E-state index contributed by atoms with van der Waals surface area (Å²) < 4.78 is 36.6. The minimum Gasteiger partial charge on any atom is -0.333 e. The van der Waals surface area contributed by atoms with Gasteiger partial charge in [-0.05, 0) is 6.92 Å². The van der Waals surface area contributed by atoms with Gasteiger partial charge in [-0.25, -0.2) is 0 Å². The predicted molar refractivity (Wildman–Crippen MR) is 57.6 cm³/mol. The van der Waals surface area contributed by atoms with Crippen molar-refractivity contribution in [1.82, 2.24) is 15.1 Å². The maximum Gasteiger partial charge on any atom is 0.406 e. The number of nitrogens with zero attached hydrogens (tertiary/aromatic N) is 2. The van der Waals surface area contributed by atoms with E-state index in [4.69, 9.17) is 0 Å². The van der Waals surface area contributed by atoms with E-state index in [0.717, 1.165) is 18.0 Å². The highest BCUT2D eigenvalue weighted by Gasteiger charge is 2.32. The Morgan fingerprint density at radius 3 is 2.41 bits per heavy atom. The van der Waals surface area contributed by atoms with Crippen molar-refractivity contribution in [2.75, 3.05) is 45.8 Å². The Balaban J connectivity index is 2.42. The molecule has 1 N–H and O–H groups in total. The van der Waals surface area contributed by atoms with Crippen molar-refractivity contribution < 1.29 is 18.0 Å². The van der Waals surface area contributed by atoms with Gasteiger partial charge in [0, 0.05) is 32.7 Å². The fourth-order valence-corrected chi connectivity index (χ4v) is 1.75. The SMILES string of the molecule is CCN(CC(F)(F)F)C(=O)CN1CCNCC1. The van der Waals surface area contributed by atoms with Gasteiger partial charge in [0.2, 0.25) is 5.91 Å². The minimum atomic E-state index is -4.32. The van der Waals surface area contributed by atoms with Gasteiger partial charge in [0.05, 0.1) is 6.54 Å². The molecular weight excluding hydrogens is 235 g/mol. The third kappa shape index (κ3) is 5.36. The number of piperazine rings is 1. The molecule has 0 aromatic rings. The molecule has 4 nitrogen and oxygen atoms in total. The second kappa shape index (κ2) is 6.20. The van der Waals surface area contributed by atoms with Gasteiger partial charge in [-0.1, -0.05) is 0 Å². The van der Waals surface area contributed by atoms with E-state index in [9.17, 15) is 18.0 Å². The molecule has 0 aliphatic carbocycles. The normalized spacial score (nSPS) is 18.1. The third-order valence-corrected chi connectivity index (χ3v) is 2.67. The van der Waals surface area contributed by atoms with E-state index >= 15 is 0 Å². The summed E-state index contributed by atoms with van der Waals surface area (Å²) in [6.45, 7) is 3.52. The second-order valence-corrected chi connectivity index (χ2v) is 4.05. The molecule has 0 atom stereocenters. The molecule has 7 heteroatoms. The monoisotopic (exact) mass is 253 g/mol. The first kappa shape index (κ1) is 14.2. The lowest BCUT2D eigenvalue weighted by Crippen LogP contribution is -2.49. The van der Waals surface area contributed by atoms with E-state index in [1.54, 1.807) is 6.92 Å². The Kier molecular flexibility index (Phi) is 5.20. The Morgan fingerprint density at radius 2 is 1.94 bits per heavy atom. The molecule has 1 aliphatic rings. The average Bonchev–Trinajstić information content (AvgIpc) is 2.26. The highest BCUT2D eigenvalue weighted by Crippen LogP contribution is 2.16. The second-order valence-electron chi connectivity index (χ2n) is 4.05. The topological polar surface area (TPSA) is 35.6 Å². The lowest BCUT2D eigenvalue weighted by molar-refractivity contribution is -0.161. The van der Waals surface area contributed by atoms with Crippen LogP contribution in [0.2, 0.25) is 0 Å². The molecule has 1 rings (SSSR count). The zero-order chi connectivity index (χ0) is 12.9. The number of carbonyl (C=O) groups excluding carboxylic acids is 1. The van der Waals surface area contributed by atoms with Gasteiger partial charge in [0.25, 0.3) is 0 Å². The summed E-state index contributed by atoms with van der Waals surface area (Å²) in [7, 11) is 0. The first-order valence-electron chi connectivity index (χ1n) is 5.70. The number of hydrogen-bond acceptors (Lipinski definition) is 3. The molecular formula is C10H18F3N3O. The van der Waals surface area contributed by atoms with Gasteiger partial charge in [-0.15, -0.1) is 0 Å². The van der Waals surface area contributed by atoms with Gasteiger partial charge < -0.3 is 10.2 Å². The standard InChI is InChI=1S/C10H18F3N3O/c1-2-16(8-10(11,12)13)9(17)7-15-5-3-14-4-6-15/h14H,2-8H2,1H3. The number of likely N-dealkylation sites (N-methyl/N-ethyl adjacent to an activating group) is 1. The summed E-state index contributed by atoms with van der Waals surface area (Å²) in [6.07, 6.45) is -4.32. The molecule has 1 saturated heterocycles. The summed E-state index contributed by atoms with van der Waals surface area (Å²) in [5.74, 6) is -0.452. The van der Waals surface area contributed by atoms with Crippen LogP contribution in [0.5, 0.6) is 0 Å². The Bertz CT molecular complexity index is 252. The Labute approximate surface area is 98.7 Å². The van der Waals surface area contributed by atoms with Crippen LogP contribution in [-0.2, 0) is 4.79 Å². The molecule has 1 heterocycles. The van der Waals surface area contributed by atoms with E-state index in [0.29, 0.717) is 13.1 Å². The fourth-order valence-electron chi connectivity index (χ4n) is 1.75. The van der Waals surface area contributed by atoms with E-state index in [1.165, 1.54) is 0 Å². The van der Waals surface area contributed by atoms with E-state index in [2.05, 4.69) is 5.32 Å². The largest absolute Gasteiger partial charge is 0.406 e. The lowest BCUT2D eigenvalue weighted by Gasteiger charge is -2.29. The van der Waals surface area contributed by atoms with Crippen LogP contribution in [0, 0.1) is 0 Å². The summed E-state index contributed by atoms with van der Waals surface area (Å²) >= 11 is 0. The van der Waals surface area contributed by atoms with Crippen LogP contribution < -0.4 is 5.32 Å². The molecule has 0 spiro atoms. The van der Waals surface area contributed by atoms with Crippen LogP contribution in [0.4, 0.5) is 13.2 Å². The molecule has 100 valence electrons. The molecule has 1 amide bonds. The van der Waals surface area contributed by atoms with E-state index in [1.807, 2.05) is 4.90 Å². The van der Waals surface area contributed by atoms with Crippen molar-refractivity contribution in [3.8, 4) is 0 Å². The van der Waals surface area contributed by atoms with Crippen LogP contribution in [-0.4, -0.2) is 67.7 Å². The number of alkyl halides is 3. The number of amides is 1. The summed E-state index contributed by atoms with van der Waals surface area (Å²) in [5, 5.41) is 3.12. The van der Waals surface area contributed by atoms with Crippen LogP contribution in [0.3, 0.4) is 0 Å². The highest BCUT2D eigenvalue weighted by atomic mass is 19.4.